The Kier molecular flexibility index (Phi) is 31.8. The lowest BCUT2D eigenvalue weighted by molar-refractivity contribution is -0.286. The van der Waals surface area contributed by atoms with Gasteiger partial charge in [0, 0.05) is 12.8 Å². The van der Waals surface area contributed by atoms with E-state index >= 15 is 0 Å². The van der Waals surface area contributed by atoms with E-state index in [1.54, 1.807) is 54.4 Å². The van der Waals surface area contributed by atoms with Crippen LogP contribution >= 0.6 is 0 Å². The highest BCUT2D eigenvalue weighted by Crippen LogP contribution is 2.70. The smallest absolute Gasteiger partial charge is 0.207 e. The van der Waals surface area contributed by atoms with Crippen LogP contribution in [0.1, 0.15) is 395 Å². The van der Waals surface area contributed by atoms with Gasteiger partial charge in [-0.3, -0.25) is 0 Å². The Labute approximate surface area is 583 Å². The third kappa shape index (κ3) is 26.0. The predicted octanol–water partition coefficient (Wildman–Crippen LogP) is 32.1. The summed E-state index contributed by atoms with van der Waals surface area (Å²) in [4.78, 5) is 0. The SMILES string of the molecule is C.CC.CC.CC(C)(C)C1(C(F)(F)F)CC1.CC(C)(C)C1(C(F)(F)F)CCC1.CC(C)(C)C1(C)CCC1.CC(C)(C)C1CC2(C1)CC(F)(F)C2.CC(C)(C)C1CC2(CCC2)C1.CC(C)(C)CC1(C(F)(F)F)CC1.CC(C)(C)CC1(C(F)(F)F)CCC1.CC(C)(C)CC1(C)CCC1. The van der Waals surface area contributed by atoms with Crippen LogP contribution in [0, 0.1) is 98.5 Å². The monoisotopic (exact) mass is 1400 g/mol. The van der Waals surface area contributed by atoms with Crippen LogP contribution in [0.4, 0.5) is 61.5 Å². The molecular weight excluding hydrogens is 1250 g/mol. The fourth-order valence-corrected chi connectivity index (χ4v) is 16.8. The molecule has 578 valence electrons. The summed E-state index contributed by atoms with van der Waals surface area (Å²) in [5, 5.41) is 0. The van der Waals surface area contributed by atoms with Crippen molar-refractivity contribution >= 4 is 0 Å². The van der Waals surface area contributed by atoms with Gasteiger partial charge in [0.1, 0.15) is 0 Å². The maximum atomic E-state index is 12.7. The van der Waals surface area contributed by atoms with Gasteiger partial charge < -0.3 is 0 Å². The van der Waals surface area contributed by atoms with Crippen LogP contribution in [-0.2, 0) is 0 Å². The van der Waals surface area contributed by atoms with Gasteiger partial charge in [0.25, 0.3) is 0 Å². The van der Waals surface area contributed by atoms with Crippen LogP contribution in [-0.4, -0.2) is 30.6 Å². The van der Waals surface area contributed by atoms with E-state index in [0.29, 0.717) is 89.8 Å². The Bertz CT molecular complexity index is 2180. The summed E-state index contributed by atoms with van der Waals surface area (Å²) >= 11 is 0. The predicted molar refractivity (Wildman–Crippen MR) is 381 cm³/mol. The molecule has 0 heterocycles. The second-order valence-electron chi connectivity index (χ2n) is 41.5. The van der Waals surface area contributed by atoms with Crippen molar-refractivity contribution in [2.75, 3.05) is 0 Å². The summed E-state index contributed by atoms with van der Waals surface area (Å²) in [6.07, 6.45) is 8.68. The van der Waals surface area contributed by atoms with Gasteiger partial charge in [-0.2, -0.15) is 52.7 Å². The number of alkyl halides is 14. The molecule has 0 nitrogen and oxygen atoms in total. The van der Waals surface area contributed by atoms with Crippen LogP contribution in [0.3, 0.4) is 0 Å². The molecule has 10 aliphatic rings. The molecular formula is C82H152F14. The zero-order chi connectivity index (χ0) is 75.5. The van der Waals surface area contributed by atoms with Crippen LogP contribution in [0.2, 0.25) is 0 Å². The molecule has 10 fully saturated rings. The maximum absolute atomic E-state index is 12.7. The summed E-state index contributed by atoms with van der Waals surface area (Å²) in [5.74, 6) is -0.630. The van der Waals surface area contributed by atoms with Crippen molar-refractivity contribution in [2.45, 2.75) is 426 Å². The molecule has 0 radical (unpaired) electrons. The van der Waals surface area contributed by atoms with Crippen LogP contribution in [0.25, 0.3) is 0 Å². The molecule has 0 N–H and O–H groups in total. The van der Waals surface area contributed by atoms with Gasteiger partial charge in [0.2, 0.25) is 5.92 Å². The van der Waals surface area contributed by atoms with Gasteiger partial charge in [-0.1, -0.05) is 247 Å². The molecule has 10 aliphatic carbocycles. The molecule has 10 saturated carbocycles. The number of halogens is 14. The van der Waals surface area contributed by atoms with Crippen molar-refractivity contribution < 1.29 is 61.5 Å². The van der Waals surface area contributed by atoms with E-state index < -0.39 is 63.1 Å². The summed E-state index contributed by atoms with van der Waals surface area (Å²) in [7, 11) is 0. The van der Waals surface area contributed by atoms with E-state index in [2.05, 4.69) is 96.9 Å². The van der Waals surface area contributed by atoms with Gasteiger partial charge in [0.05, 0.1) is 21.7 Å². The Morgan fingerprint density at radius 1 is 0.302 bits per heavy atom. The molecule has 0 saturated heterocycles. The average Bonchev–Trinajstić information content (AvgIpc) is 0.890. The third-order valence-corrected chi connectivity index (χ3v) is 24.7. The maximum Gasteiger partial charge on any atom is 0.395 e. The van der Waals surface area contributed by atoms with Gasteiger partial charge in [-0.15, -0.1) is 0 Å². The van der Waals surface area contributed by atoms with E-state index in [4.69, 9.17) is 0 Å². The Morgan fingerprint density at radius 3 is 0.656 bits per heavy atom. The minimum Gasteiger partial charge on any atom is -0.207 e. The van der Waals surface area contributed by atoms with Crippen molar-refractivity contribution in [3.8, 4) is 0 Å². The Hall–Kier alpha value is -0.980. The molecule has 10 rings (SSSR count). The van der Waals surface area contributed by atoms with E-state index in [0.717, 1.165) is 37.0 Å². The highest BCUT2D eigenvalue weighted by atomic mass is 19.4. The van der Waals surface area contributed by atoms with Gasteiger partial charge >= 0.3 is 24.7 Å². The first-order valence-corrected chi connectivity index (χ1v) is 37.5. The van der Waals surface area contributed by atoms with Crippen LogP contribution < -0.4 is 0 Å². The Balaban J connectivity index is 0.00000107. The van der Waals surface area contributed by atoms with Crippen molar-refractivity contribution in [3.63, 3.8) is 0 Å². The molecule has 0 unspecified atom stereocenters. The number of hydrogen-bond donors (Lipinski definition) is 0. The molecule has 14 heteroatoms. The van der Waals surface area contributed by atoms with E-state index in [1.807, 2.05) is 69.2 Å². The molecule has 0 atom stereocenters. The second kappa shape index (κ2) is 32.2. The largest absolute Gasteiger partial charge is 0.395 e. The summed E-state index contributed by atoms with van der Waals surface area (Å²) in [6.45, 7) is 62.0. The summed E-state index contributed by atoms with van der Waals surface area (Å²) in [5.41, 5.74) is -2.92. The highest BCUT2D eigenvalue weighted by Gasteiger charge is 2.69. The first-order chi connectivity index (χ1) is 41.9. The minimum absolute atomic E-state index is 0. The highest BCUT2D eigenvalue weighted by molar-refractivity contribution is 5.10. The third-order valence-electron chi connectivity index (χ3n) is 24.7. The lowest BCUT2D eigenvalue weighted by Gasteiger charge is -2.60. The zero-order valence-corrected chi connectivity index (χ0v) is 66.7. The number of hydrogen-bond acceptors (Lipinski definition) is 0. The van der Waals surface area contributed by atoms with Crippen LogP contribution in [0.15, 0.2) is 0 Å². The number of rotatable bonds is 3. The Morgan fingerprint density at radius 2 is 0.573 bits per heavy atom. The van der Waals surface area contributed by atoms with E-state index in [1.165, 1.54) is 64.2 Å². The molecule has 2 spiro atoms. The summed E-state index contributed by atoms with van der Waals surface area (Å²) < 4.78 is 176. The topological polar surface area (TPSA) is 0 Å². The molecule has 0 aromatic carbocycles. The van der Waals surface area contributed by atoms with Gasteiger partial charge in [-0.05, 0) is 212 Å². The standard InChI is InChI=1S/C11H18F2.C11H20.C10H17F3.C10H20.2C9H15F3.C9H18.C8H13F3.2C2H6.CH4/c1-9(2,3)8-4-10(5-8)6-11(12,13)7-10;1-10(2,3)9-7-11(8-9)5-4-6-11;1-8(2,3)7-9(5-4-6-9)10(11,12)13;1-9(2,3)8-10(4)6-5-7-10;1-7(2,3)6-8(4-5-8)9(10,11)12;1-7(2,3)8(5-4-6-8)9(10,11)12;1-8(2,3)9(4)6-5-7-9;1-6(2,3)7(4-5-7)8(9,10)11;2*1-2;/h8H,4-7H2,1-3H3;9H,4-8H2,1-3H3;4-7H2,1-3H3;5-8H2,1-4H3;2*4-6H2,1-3H3;5-7H2,1-4H3;4-5H2,1-3H3;2*1-2H3;1H4. The van der Waals surface area contributed by atoms with Crippen molar-refractivity contribution in [1.29, 1.82) is 0 Å². The van der Waals surface area contributed by atoms with Crippen molar-refractivity contribution in [2.24, 2.45) is 98.5 Å². The van der Waals surface area contributed by atoms with Crippen molar-refractivity contribution in [3.05, 3.63) is 0 Å². The molecule has 0 bridgehead atoms. The first-order valence-electron chi connectivity index (χ1n) is 37.5. The molecule has 96 heavy (non-hydrogen) atoms. The average molecular weight is 1400 g/mol. The normalized spacial score (nSPS) is 24.1. The molecule has 0 amide bonds. The molecule has 0 aliphatic heterocycles. The van der Waals surface area contributed by atoms with Crippen molar-refractivity contribution in [1.82, 2.24) is 0 Å². The van der Waals surface area contributed by atoms with E-state index in [9.17, 15) is 61.5 Å². The zero-order valence-electron chi connectivity index (χ0n) is 66.7. The fraction of sp³-hybridized carbons (Fsp3) is 1.00. The van der Waals surface area contributed by atoms with Gasteiger partial charge in [-0.25, -0.2) is 8.78 Å². The van der Waals surface area contributed by atoms with Crippen LogP contribution in [0.5, 0.6) is 0 Å². The van der Waals surface area contributed by atoms with E-state index in [-0.39, 0.29) is 49.4 Å². The van der Waals surface area contributed by atoms with Gasteiger partial charge in [0.15, 0.2) is 0 Å². The summed E-state index contributed by atoms with van der Waals surface area (Å²) in [6, 6.07) is 0. The lowest BCUT2D eigenvalue weighted by atomic mass is 9.46. The first kappa shape index (κ1) is 95.0. The quantitative estimate of drug-likeness (QED) is 0.247. The molecule has 0 aromatic rings. The second-order valence-corrected chi connectivity index (χ2v) is 41.5. The minimum atomic E-state index is -4.02. The lowest BCUT2D eigenvalue weighted by Crippen LogP contribution is -2.55. The molecule has 0 aromatic heterocycles. The fourth-order valence-electron chi connectivity index (χ4n) is 16.8.